The summed E-state index contributed by atoms with van der Waals surface area (Å²) in [5.74, 6) is 0.851. The highest BCUT2D eigenvalue weighted by molar-refractivity contribution is 5.01. The largest absolute Gasteiger partial charge is 0.376 e. The van der Waals surface area contributed by atoms with Crippen LogP contribution in [0.2, 0.25) is 0 Å². The lowest BCUT2D eigenvalue weighted by Crippen LogP contribution is -2.60. The molecule has 0 aromatic carbocycles. The topological polar surface area (TPSA) is 41.7 Å². The Morgan fingerprint density at radius 3 is 2.44 bits per heavy atom. The van der Waals surface area contributed by atoms with E-state index in [1.807, 2.05) is 0 Å². The lowest BCUT2D eigenvalue weighted by molar-refractivity contribution is -0.00536. The summed E-state index contributed by atoms with van der Waals surface area (Å²) >= 11 is 0. The summed E-state index contributed by atoms with van der Waals surface area (Å²) in [5.41, 5.74) is 6.19. The molecule has 2 saturated heterocycles. The summed E-state index contributed by atoms with van der Waals surface area (Å²) in [5, 5.41) is 0. The van der Waals surface area contributed by atoms with Crippen molar-refractivity contribution in [1.29, 1.82) is 0 Å². The molecule has 2 aliphatic heterocycles. The Hall–Kier alpha value is -0.160. The van der Waals surface area contributed by atoms with Crippen molar-refractivity contribution in [1.82, 2.24) is 9.80 Å². The predicted molar refractivity (Wildman–Crippen MR) is 74.7 cm³/mol. The zero-order valence-electron chi connectivity index (χ0n) is 12.2. The van der Waals surface area contributed by atoms with Crippen LogP contribution < -0.4 is 5.73 Å². The first kappa shape index (κ1) is 14.3. The Bertz CT molecular complexity index is 264. The second kappa shape index (κ2) is 5.87. The van der Waals surface area contributed by atoms with Crippen molar-refractivity contribution >= 4 is 0 Å². The van der Waals surface area contributed by atoms with E-state index in [2.05, 4.69) is 30.8 Å². The van der Waals surface area contributed by atoms with E-state index in [9.17, 15) is 0 Å². The molecule has 2 fully saturated rings. The summed E-state index contributed by atoms with van der Waals surface area (Å²) in [7, 11) is 4.33. The van der Waals surface area contributed by atoms with Crippen molar-refractivity contribution in [3.63, 3.8) is 0 Å². The molecule has 4 nitrogen and oxygen atoms in total. The maximum atomic E-state index is 6.08. The Balaban J connectivity index is 1.92. The Labute approximate surface area is 111 Å². The minimum atomic E-state index is 0.114. The minimum Gasteiger partial charge on any atom is -0.376 e. The first-order chi connectivity index (χ1) is 8.58. The number of likely N-dealkylation sites (tertiary alicyclic amines) is 1. The molecule has 0 aromatic rings. The van der Waals surface area contributed by atoms with Crippen molar-refractivity contribution < 1.29 is 4.74 Å². The predicted octanol–water partition coefficient (Wildman–Crippen LogP) is 0.766. The van der Waals surface area contributed by atoms with E-state index in [4.69, 9.17) is 10.5 Å². The lowest BCUT2D eigenvalue weighted by Gasteiger charge is -2.46. The summed E-state index contributed by atoms with van der Waals surface area (Å²) in [6.45, 7) is 7.37. The zero-order chi connectivity index (χ0) is 13.2. The molecule has 0 spiro atoms. The van der Waals surface area contributed by atoms with Crippen molar-refractivity contribution in [2.45, 2.75) is 37.8 Å². The Morgan fingerprint density at radius 1 is 1.33 bits per heavy atom. The minimum absolute atomic E-state index is 0.114. The van der Waals surface area contributed by atoms with Crippen molar-refractivity contribution in [2.75, 3.05) is 46.9 Å². The molecule has 0 aromatic heterocycles. The van der Waals surface area contributed by atoms with E-state index in [0.29, 0.717) is 0 Å². The van der Waals surface area contributed by atoms with Gasteiger partial charge >= 0.3 is 0 Å². The normalized spacial score (nSPS) is 35.5. The fraction of sp³-hybridized carbons (Fsp3) is 1.00. The third kappa shape index (κ3) is 2.72. The molecule has 0 amide bonds. The second-order valence-electron chi connectivity index (χ2n) is 6.26. The van der Waals surface area contributed by atoms with Gasteiger partial charge in [-0.3, -0.25) is 4.90 Å². The molecule has 106 valence electrons. The van der Waals surface area contributed by atoms with Crippen LogP contribution >= 0.6 is 0 Å². The van der Waals surface area contributed by atoms with E-state index in [0.717, 1.165) is 25.5 Å². The smallest absolute Gasteiger partial charge is 0.0743 e. The summed E-state index contributed by atoms with van der Waals surface area (Å²) in [6, 6.07) is 0. The van der Waals surface area contributed by atoms with Gasteiger partial charge in [-0.2, -0.15) is 0 Å². The molecule has 18 heavy (non-hydrogen) atoms. The molecule has 4 heteroatoms. The maximum Gasteiger partial charge on any atom is 0.0743 e. The van der Waals surface area contributed by atoms with Crippen molar-refractivity contribution in [3.8, 4) is 0 Å². The number of piperidine rings is 1. The van der Waals surface area contributed by atoms with Gasteiger partial charge in [0.1, 0.15) is 0 Å². The third-order valence-corrected chi connectivity index (χ3v) is 4.88. The molecule has 2 rings (SSSR count). The van der Waals surface area contributed by atoms with Crippen LogP contribution in [0.4, 0.5) is 0 Å². The van der Waals surface area contributed by atoms with Crippen LogP contribution in [0, 0.1) is 5.92 Å². The highest BCUT2D eigenvalue weighted by Crippen LogP contribution is 2.34. The van der Waals surface area contributed by atoms with E-state index in [-0.39, 0.29) is 11.6 Å². The monoisotopic (exact) mass is 255 g/mol. The first-order valence-electron chi connectivity index (χ1n) is 7.30. The van der Waals surface area contributed by atoms with Gasteiger partial charge in [0.25, 0.3) is 0 Å². The van der Waals surface area contributed by atoms with Gasteiger partial charge in [-0.25, -0.2) is 0 Å². The molecule has 2 aliphatic rings. The molecule has 2 heterocycles. The molecule has 2 atom stereocenters. The van der Waals surface area contributed by atoms with Crippen LogP contribution in [0.25, 0.3) is 0 Å². The highest BCUT2D eigenvalue weighted by atomic mass is 16.5. The van der Waals surface area contributed by atoms with Crippen LogP contribution in [0.1, 0.15) is 26.2 Å². The number of rotatable bonds is 4. The van der Waals surface area contributed by atoms with Gasteiger partial charge in [-0.1, -0.05) is 0 Å². The number of nitrogens with zero attached hydrogens (tertiary/aromatic N) is 2. The molecular formula is C14H29N3O. The molecule has 0 saturated carbocycles. The number of ether oxygens (including phenoxy) is 1. The van der Waals surface area contributed by atoms with Crippen LogP contribution in [0.15, 0.2) is 0 Å². The van der Waals surface area contributed by atoms with Crippen LogP contribution in [0.3, 0.4) is 0 Å². The summed E-state index contributed by atoms with van der Waals surface area (Å²) < 4.78 is 5.77. The SMILES string of the molecule is CC1OCCC1(CN)N1CCC(CN(C)C)CC1. The van der Waals surface area contributed by atoms with Gasteiger partial charge in [0.15, 0.2) is 0 Å². The molecule has 0 aliphatic carbocycles. The van der Waals surface area contributed by atoms with Gasteiger partial charge in [-0.15, -0.1) is 0 Å². The molecule has 2 unspecified atom stereocenters. The van der Waals surface area contributed by atoms with E-state index < -0.39 is 0 Å². The van der Waals surface area contributed by atoms with Crippen LogP contribution in [-0.4, -0.2) is 68.3 Å². The maximum absolute atomic E-state index is 6.08. The Morgan fingerprint density at radius 2 is 2.00 bits per heavy atom. The van der Waals surface area contributed by atoms with Gasteiger partial charge in [0.05, 0.1) is 11.6 Å². The van der Waals surface area contributed by atoms with Gasteiger partial charge in [0.2, 0.25) is 0 Å². The van der Waals surface area contributed by atoms with Crippen molar-refractivity contribution in [3.05, 3.63) is 0 Å². The third-order valence-electron chi connectivity index (χ3n) is 4.88. The zero-order valence-corrected chi connectivity index (χ0v) is 12.2. The average Bonchev–Trinajstić information content (AvgIpc) is 2.72. The quantitative estimate of drug-likeness (QED) is 0.805. The van der Waals surface area contributed by atoms with Gasteiger partial charge in [-0.05, 0) is 59.3 Å². The van der Waals surface area contributed by atoms with Gasteiger partial charge < -0.3 is 15.4 Å². The summed E-state index contributed by atoms with van der Waals surface area (Å²) in [6.07, 6.45) is 3.98. The van der Waals surface area contributed by atoms with Gasteiger partial charge in [0, 0.05) is 19.7 Å². The van der Waals surface area contributed by atoms with Crippen LogP contribution in [-0.2, 0) is 4.74 Å². The molecular weight excluding hydrogens is 226 g/mol. The fourth-order valence-electron chi connectivity index (χ4n) is 3.66. The number of hydrogen-bond donors (Lipinski definition) is 1. The second-order valence-corrected chi connectivity index (χ2v) is 6.26. The van der Waals surface area contributed by atoms with Crippen molar-refractivity contribution in [2.24, 2.45) is 11.7 Å². The number of nitrogens with two attached hydrogens (primary N) is 1. The molecule has 0 bridgehead atoms. The van der Waals surface area contributed by atoms with E-state index in [1.54, 1.807) is 0 Å². The highest BCUT2D eigenvalue weighted by Gasteiger charge is 2.45. The first-order valence-corrected chi connectivity index (χ1v) is 7.30. The lowest BCUT2D eigenvalue weighted by atomic mass is 9.85. The van der Waals surface area contributed by atoms with E-state index in [1.165, 1.54) is 32.5 Å². The van der Waals surface area contributed by atoms with E-state index >= 15 is 0 Å². The fourth-order valence-corrected chi connectivity index (χ4v) is 3.66. The van der Waals surface area contributed by atoms with Crippen LogP contribution in [0.5, 0.6) is 0 Å². The summed E-state index contributed by atoms with van der Waals surface area (Å²) in [4.78, 5) is 4.91. The number of hydrogen-bond acceptors (Lipinski definition) is 4. The standard InChI is InChI=1S/C14H29N3O/c1-12-14(11-15,6-9-18-12)17-7-4-13(5-8-17)10-16(2)3/h12-13H,4-11,15H2,1-3H3. The average molecular weight is 255 g/mol. The molecule has 0 radical (unpaired) electrons. The molecule has 2 N–H and O–H groups in total. The Kier molecular flexibility index (Phi) is 4.64.